The van der Waals surface area contributed by atoms with Gasteiger partial charge >= 0.3 is 0 Å². The fraction of sp³-hybridized carbons (Fsp3) is 0.500. The Labute approximate surface area is 101 Å². The largest absolute Gasteiger partial charge is 0.375 e. The first-order chi connectivity index (χ1) is 7.19. The first-order valence-electron chi connectivity index (χ1n) is 5.39. The Morgan fingerprint density at radius 2 is 2.07 bits per heavy atom. The van der Waals surface area contributed by atoms with E-state index in [0.29, 0.717) is 0 Å². The van der Waals surface area contributed by atoms with Crippen molar-refractivity contribution in [2.45, 2.75) is 20.4 Å². The third-order valence-electron chi connectivity index (χ3n) is 2.49. The van der Waals surface area contributed by atoms with E-state index in [2.05, 4.69) is 65.2 Å². The average Bonchev–Trinajstić information content (AvgIpc) is 2.25. The van der Waals surface area contributed by atoms with E-state index in [1.807, 2.05) is 0 Å². The van der Waals surface area contributed by atoms with Gasteiger partial charge < -0.3 is 10.2 Å². The number of halogens is 1. The van der Waals surface area contributed by atoms with Gasteiger partial charge in [-0.3, -0.25) is 0 Å². The molecule has 0 aliphatic carbocycles. The molecule has 2 nitrogen and oxygen atoms in total. The molecule has 1 aromatic rings. The summed E-state index contributed by atoms with van der Waals surface area (Å²) in [7, 11) is 2.12. The number of benzene rings is 1. The molecule has 84 valence electrons. The Bertz CT molecular complexity index is 312. The van der Waals surface area contributed by atoms with Gasteiger partial charge in [-0.15, -0.1) is 0 Å². The van der Waals surface area contributed by atoms with E-state index >= 15 is 0 Å². The van der Waals surface area contributed by atoms with E-state index in [-0.39, 0.29) is 0 Å². The molecule has 0 saturated heterocycles. The van der Waals surface area contributed by atoms with Crippen LogP contribution in [-0.4, -0.2) is 20.1 Å². The number of rotatable bonds is 5. The number of hydrogen-bond donors (Lipinski definition) is 1. The fourth-order valence-corrected chi connectivity index (χ4v) is 1.91. The molecule has 0 unspecified atom stereocenters. The van der Waals surface area contributed by atoms with Crippen LogP contribution in [0.5, 0.6) is 0 Å². The second kappa shape index (κ2) is 6.13. The average molecular weight is 271 g/mol. The van der Waals surface area contributed by atoms with Crippen LogP contribution in [0.2, 0.25) is 0 Å². The molecule has 0 saturated carbocycles. The van der Waals surface area contributed by atoms with E-state index in [1.165, 1.54) is 11.3 Å². The van der Waals surface area contributed by atoms with Crippen LogP contribution >= 0.6 is 15.9 Å². The van der Waals surface area contributed by atoms with Crippen LogP contribution < -0.4 is 10.2 Å². The minimum absolute atomic E-state index is 0.926. The summed E-state index contributed by atoms with van der Waals surface area (Å²) in [5.41, 5.74) is 2.65. The van der Waals surface area contributed by atoms with Gasteiger partial charge in [0.05, 0.1) is 0 Å². The highest BCUT2D eigenvalue weighted by atomic mass is 79.9. The Kier molecular flexibility index (Phi) is 5.12. The minimum Gasteiger partial charge on any atom is -0.375 e. The maximum atomic E-state index is 3.51. The van der Waals surface area contributed by atoms with E-state index in [4.69, 9.17) is 0 Å². The summed E-state index contributed by atoms with van der Waals surface area (Å²) in [6.07, 6.45) is 0. The molecule has 0 amide bonds. The van der Waals surface area contributed by atoms with Crippen LogP contribution in [0, 0.1) is 0 Å². The van der Waals surface area contributed by atoms with E-state index < -0.39 is 0 Å². The summed E-state index contributed by atoms with van der Waals surface area (Å²) in [6.45, 7) is 7.25. The second-order valence-electron chi connectivity index (χ2n) is 3.57. The number of nitrogens with zero attached hydrogens (tertiary/aromatic N) is 1. The van der Waals surface area contributed by atoms with Gasteiger partial charge in [0.2, 0.25) is 0 Å². The molecule has 0 atom stereocenters. The zero-order chi connectivity index (χ0) is 11.3. The molecule has 0 heterocycles. The van der Waals surface area contributed by atoms with Gasteiger partial charge in [0, 0.05) is 30.3 Å². The summed E-state index contributed by atoms with van der Waals surface area (Å²) >= 11 is 3.51. The molecular formula is C12H19BrN2. The SMILES string of the molecule is CCNCc1cc(Br)ccc1N(C)CC. The van der Waals surface area contributed by atoms with Gasteiger partial charge in [0.1, 0.15) is 0 Å². The molecule has 0 spiro atoms. The smallest absolute Gasteiger partial charge is 0.0409 e. The van der Waals surface area contributed by atoms with Crippen molar-refractivity contribution in [3.05, 3.63) is 28.2 Å². The summed E-state index contributed by atoms with van der Waals surface area (Å²) in [5.74, 6) is 0. The van der Waals surface area contributed by atoms with Crippen molar-refractivity contribution in [3.63, 3.8) is 0 Å². The molecule has 1 rings (SSSR count). The highest BCUT2D eigenvalue weighted by molar-refractivity contribution is 9.10. The first kappa shape index (κ1) is 12.5. The molecule has 1 N–H and O–H groups in total. The normalized spacial score (nSPS) is 10.4. The van der Waals surface area contributed by atoms with Crippen LogP contribution in [0.1, 0.15) is 19.4 Å². The van der Waals surface area contributed by atoms with Crippen molar-refractivity contribution in [2.75, 3.05) is 25.0 Å². The maximum Gasteiger partial charge on any atom is 0.0409 e. The predicted octanol–water partition coefficient (Wildman–Crippen LogP) is 3.01. The number of anilines is 1. The van der Waals surface area contributed by atoms with Crippen molar-refractivity contribution < 1.29 is 0 Å². The van der Waals surface area contributed by atoms with Gasteiger partial charge in [-0.05, 0) is 37.2 Å². The standard InChI is InChI=1S/C12H19BrN2/c1-4-14-9-10-8-11(13)6-7-12(10)15(3)5-2/h6-8,14H,4-5,9H2,1-3H3. The fourth-order valence-electron chi connectivity index (χ4n) is 1.50. The molecule has 3 heteroatoms. The van der Waals surface area contributed by atoms with Crippen molar-refractivity contribution in [3.8, 4) is 0 Å². The summed E-state index contributed by atoms with van der Waals surface area (Å²) in [6, 6.07) is 6.45. The molecule has 0 aromatic heterocycles. The molecule has 0 bridgehead atoms. The monoisotopic (exact) mass is 270 g/mol. The van der Waals surface area contributed by atoms with E-state index in [9.17, 15) is 0 Å². The van der Waals surface area contributed by atoms with Gasteiger partial charge in [-0.25, -0.2) is 0 Å². The second-order valence-corrected chi connectivity index (χ2v) is 4.48. The summed E-state index contributed by atoms with van der Waals surface area (Å²) < 4.78 is 1.14. The molecular weight excluding hydrogens is 252 g/mol. The Hall–Kier alpha value is -0.540. The number of hydrogen-bond acceptors (Lipinski definition) is 2. The Morgan fingerprint density at radius 1 is 1.33 bits per heavy atom. The summed E-state index contributed by atoms with van der Waals surface area (Å²) in [5, 5.41) is 3.36. The zero-order valence-corrected chi connectivity index (χ0v) is 11.3. The first-order valence-corrected chi connectivity index (χ1v) is 6.18. The van der Waals surface area contributed by atoms with Crippen molar-refractivity contribution in [1.82, 2.24) is 5.32 Å². The van der Waals surface area contributed by atoms with E-state index in [1.54, 1.807) is 0 Å². The van der Waals surface area contributed by atoms with Gasteiger partial charge in [-0.1, -0.05) is 22.9 Å². The van der Waals surface area contributed by atoms with Gasteiger partial charge in [0.15, 0.2) is 0 Å². The topological polar surface area (TPSA) is 15.3 Å². The quantitative estimate of drug-likeness (QED) is 0.885. The number of nitrogens with one attached hydrogen (secondary N) is 1. The van der Waals surface area contributed by atoms with Crippen LogP contribution in [0.4, 0.5) is 5.69 Å². The van der Waals surface area contributed by atoms with Crippen LogP contribution in [-0.2, 0) is 6.54 Å². The van der Waals surface area contributed by atoms with Gasteiger partial charge in [0.25, 0.3) is 0 Å². The minimum atomic E-state index is 0.926. The van der Waals surface area contributed by atoms with Crippen molar-refractivity contribution >= 4 is 21.6 Å². The maximum absolute atomic E-state index is 3.51. The lowest BCUT2D eigenvalue weighted by Crippen LogP contribution is -2.20. The molecule has 1 aromatic carbocycles. The van der Waals surface area contributed by atoms with Crippen LogP contribution in [0.3, 0.4) is 0 Å². The van der Waals surface area contributed by atoms with Crippen LogP contribution in [0.15, 0.2) is 22.7 Å². The Balaban J connectivity index is 2.92. The highest BCUT2D eigenvalue weighted by Gasteiger charge is 2.05. The lowest BCUT2D eigenvalue weighted by Gasteiger charge is -2.21. The third kappa shape index (κ3) is 3.50. The predicted molar refractivity (Wildman–Crippen MR) is 70.5 cm³/mol. The lowest BCUT2D eigenvalue weighted by atomic mass is 10.1. The Morgan fingerprint density at radius 3 is 2.67 bits per heavy atom. The highest BCUT2D eigenvalue weighted by Crippen LogP contribution is 2.23. The van der Waals surface area contributed by atoms with Crippen molar-refractivity contribution in [2.24, 2.45) is 0 Å². The van der Waals surface area contributed by atoms with Crippen molar-refractivity contribution in [1.29, 1.82) is 0 Å². The molecule has 0 radical (unpaired) electrons. The molecule has 0 aliphatic heterocycles. The summed E-state index contributed by atoms with van der Waals surface area (Å²) in [4.78, 5) is 2.26. The lowest BCUT2D eigenvalue weighted by molar-refractivity contribution is 0.724. The zero-order valence-electron chi connectivity index (χ0n) is 9.68. The third-order valence-corrected chi connectivity index (χ3v) is 2.99. The molecule has 0 aliphatic rings. The molecule has 0 fully saturated rings. The van der Waals surface area contributed by atoms with Gasteiger partial charge in [-0.2, -0.15) is 0 Å². The molecule has 15 heavy (non-hydrogen) atoms. The van der Waals surface area contributed by atoms with Crippen LogP contribution in [0.25, 0.3) is 0 Å². The van der Waals surface area contributed by atoms with E-state index in [0.717, 1.165) is 24.1 Å².